The number of esters is 1. The first-order valence-corrected chi connectivity index (χ1v) is 10.6. The van der Waals surface area contributed by atoms with Crippen molar-refractivity contribution in [2.75, 3.05) is 12.9 Å². The quantitative estimate of drug-likeness (QED) is 0.401. The van der Waals surface area contributed by atoms with Crippen LogP contribution in [0, 0.1) is 22.7 Å². The summed E-state index contributed by atoms with van der Waals surface area (Å²) in [4.78, 5) is 12.9. The lowest BCUT2D eigenvalue weighted by atomic mass is 9.96. The maximum absolute atomic E-state index is 12.4. The van der Waals surface area contributed by atoms with E-state index in [1.54, 1.807) is 13.0 Å². The van der Waals surface area contributed by atoms with Crippen molar-refractivity contribution in [1.82, 2.24) is 0 Å². The Morgan fingerprint density at radius 3 is 2.36 bits per heavy atom. The molecule has 1 heterocycles. The highest BCUT2D eigenvalue weighted by Gasteiger charge is 2.24. The zero-order chi connectivity index (χ0) is 20.1. The van der Waals surface area contributed by atoms with Crippen LogP contribution < -0.4 is 0 Å². The number of thiophene rings is 1. The summed E-state index contributed by atoms with van der Waals surface area (Å²) in [6, 6.07) is 19.4. The molecule has 0 spiro atoms. The van der Waals surface area contributed by atoms with E-state index in [9.17, 15) is 15.3 Å². The van der Waals surface area contributed by atoms with Gasteiger partial charge >= 0.3 is 5.97 Å². The lowest BCUT2D eigenvalue weighted by Gasteiger charge is -2.08. The third kappa shape index (κ3) is 3.66. The van der Waals surface area contributed by atoms with Crippen LogP contribution in [0.1, 0.15) is 27.7 Å². The SMILES string of the molecule is CCOC(=O)c1sc(SC)c(C#N)c1-c1ccc(-c2ccccc2C#N)cc1. The molecule has 0 unspecified atom stereocenters. The van der Waals surface area contributed by atoms with Gasteiger partial charge in [-0.25, -0.2) is 4.79 Å². The van der Waals surface area contributed by atoms with Gasteiger partial charge in [-0.2, -0.15) is 10.5 Å². The van der Waals surface area contributed by atoms with Gasteiger partial charge in [-0.3, -0.25) is 0 Å². The molecule has 0 aliphatic carbocycles. The smallest absolute Gasteiger partial charge is 0.349 e. The molecule has 0 saturated heterocycles. The molecule has 0 aliphatic heterocycles. The lowest BCUT2D eigenvalue weighted by molar-refractivity contribution is 0.0533. The van der Waals surface area contributed by atoms with Gasteiger partial charge < -0.3 is 4.74 Å². The molecule has 2 aromatic carbocycles. The Kier molecular flexibility index (Phi) is 6.16. The van der Waals surface area contributed by atoms with Crippen molar-refractivity contribution in [3.63, 3.8) is 0 Å². The average Bonchev–Trinajstić information content (AvgIpc) is 3.13. The van der Waals surface area contributed by atoms with Crippen molar-refractivity contribution in [2.24, 2.45) is 0 Å². The van der Waals surface area contributed by atoms with Crippen LogP contribution in [0.3, 0.4) is 0 Å². The summed E-state index contributed by atoms with van der Waals surface area (Å²) in [5, 5.41) is 19.0. The van der Waals surface area contributed by atoms with E-state index in [1.165, 1.54) is 23.1 Å². The molecule has 0 radical (unpaired) electrons. The molecule has 0 saturated carbocycles. The standard InChI is InChI=1S/C22H16N2O2S2/c1-3-26-21(25)20-19(18(13-24)22(27-2)28-20)15-10-8-14(9-11-15)17-7-5-4-6-16(17)12-23/h4-11H,3H2,1-2H3. The second-order valence-electron chi connectivity index (χ2n) is 5.74. The first-order valence-electron chi connectivity index (χ1n) is 8.52. The summed E-state index contributed by atoms with van der Waals surface area (Å²) in [6.07, 6.45) is 1.88. The van der Waals surface area contributed by atoms with Gasteiger partial charge in [-0.1, -0.05) is 42.5 Å². The highest BCUT2D eigenvalue weighted by molar-refractivity contribution is 8.00. The summed E-state index contributed by atoms with van der Waals surface area (Å²) >= 11 is 2.73. The Balaban J connectivity index is 2.12. The van der Waals surface area contributed by atoms with E-state index >= 15 is 0 Å². The van der Waals surface area contributed by atoms with Crippen LogP contribution in [-0.2, 0) is 4.74 Å². The van der Waals surface area contributed by atoms with Crippen LogP contribution in [0.5, 0.6) is 0 Å². The molecule has 28 heavy (non-hydrogen) atoms. The van der Waals surface area contributed by atoms with Gasteiger partial charge in [0.25, 0.3) is 0 Å². The monoisotopic (exact) mass is 404 g/mol. The molecule has 0 N–H and O–H groups in total. The minimum Gasteiger partial charge on any atom is -0.462 e. The number of hydrogen-bond acceptors (Lipinski definition) is 6. The summed E-state index contributed by atoms with van der Waals surface area (Å²) in [5.41, 5.74) is 4.21. The van der Waals surface area contributed by atoms with Crippen LogP contribution >= 0.6 is 23.1 Å². The van der Waals surface area contributed by atoms with Gasteiger partial charge in [0.15, 0.2) is 0 Å². The maximum atomic E-state index is 12.4. The van der Waals surface area contributed by atoms with Crippen LogP contribution in [0.25, 0.3) is 22.3 Å². The number of rotatable bonds is 5. The van der Waals surface area contributed by atoms with Gasteiger partial charge in [0.1, 0.15) is 10.9 Å². The third-order valence-corrected chi connectivity index (χ3v) is 6.46. The second-order valence-corrected chi connectivity index (χ2v) is 7.84. The van der Waals surface area contributed by atoms with Gasteiger partial charge in [0.05, 0.1) is 28.0 Å². The Morgan fingerprint density at radius 2 is 1.75 bits per heavy atom. The Labute approximate surface area is 172 Å². The molecule has 138 valence electrons. The summed E-state index contributed by atoms with van der Waals surface area (Å²) < 4.78 is 5.98. The topological polar surface area (TPSA) is 73.9 Å². The van der Waals surface area contributed by atoms with Crippen LogP contribution in [0.4, 0.5) is 0 Å². The molecule has 0 aliphatic rings. The highest BCUT2D eigenvalue weighted by Crippen LogP contribution is 2.41. The van der Waals surface area contributed by atoms with Crippen molar-refractivity contribution in [1.29, 1.82) is 10.5 Å². The van der Waals surface area contributed by atoms with Crippen LogP contribution in [-0.4, -0.2) is 18.8 Å². The van der Waals surface area contributed by atoms with E-state index in [-0.39, 0.29) is 6.61 Å². The molecular formula is C22H16N2O2S2. The minimum atomic E-state index is -0.418. The van der Waals surface area contributed by atoms with E-state index in [0.717, 1.165) is 20.9 Å². The molecule has 0 bridgehead atoms. The average molecular weight is 405 g/mol. The fourth-order valence-electron chi connectivity index (χ4n) is 2.92. The Morgan fingerprint density at radius 1 is 1.07 bits per heavy atom. The largest absolute Gasteiger partial charge is 0.462 e. The number of nitrogens with zero attached hydrogens (tertiary/aromatic N) is 2. The normalized spacial score (nSPS) is 10.1. The summed E-state index contributed by atoms with van der Waals surface area (Å²) in [7, 11) is 0. The number of carbonyl (C=O) groups is 1. The van der Waals surface area contributed by atoms with E-state index in [0.29, 0.717) is 21.6 Å². The predicted octanol–water partition coefficient (Wildman–Crippen LogP) is 5.72. The van der Waals surface area contributed by atoms with Gasteiger partial charge in [0, 0.05) is 5.56 Å². The molecule has 0 atom stereocenters. The predicted molar refractivity (Wildman–Crippen MR) is 112 cm³/mol. The fraction of sp³-hybridized carbons (Fsp3) is 0.136. The maximum Gasteiger partial charge on any atom is 0.349 e. The number of carbonyl (C=O) groups excluding carboxylic acids is 1. The minimum absolute atomic E-state index is 0.274. The number of hydrogen-bond donors (Lipinski definition) is 0. The van der Waals surface area contributed by atoms with Gasteiger partial charge in [-0.15, -0.1) is 23.1 Å². The second kappa shape index (κ2) is 8.75. The zero-order valence-electron chi connectivity index (χ0n) is 15.4. The molecule has 0 fully saturated rings. The first-order chi connectivity index (χ1) is 13.6. The number of thioether (sulfide) groups is 1. The van der Waals surface area contributed by atoms with Crippen molar-refractivity contribution in [2.45, 2.75) is 11.1 Å². The number of benzene rings is 2. The van der Waals surface area contributed by atoms with E-state index in [2.05, 4.69) is 12.1 Å². The van der Waals surface area contributed by atoms with E-state index in [4.69, 9.17) is 4.74 Å². The highest BCUT2D eigenvalue weighted by atomic mass is 32.2. The van der Waals surface area contributed by atoms with Crippen molar-refractivity contribution >= 4 is 29.1 Å². The molecule has 4 nitrogen and oxygen atoms in total. The molecule has 6 heteroatoms. The number of ether oxygens (including phenoxy) is 1. The molecule has 3 rings (SSSR count). The van der Waals surface area contributed by atoms with Crippen LogP contribution in [0.15, 0.2) is 52.7 Å². The van der Waals surface area contributed by atoms with Crippen molar-refractivity contribution in [3.8, 4) is 34.4 Å². The summed E-state index contributed by atoms with van der Waals surface area (Å²) in [5.74, 6) is -0.418. The van der Waals surface area contributed by atoms with Crippen molar-refractivity contribution < 1.29 is 9.53 Å². The fourth-order valence-corrected chi connectivity index (χ4v) is 4.75. The van der Waals surface area contributed by atoms with Gasteiger partial charge in [-0.05, 0) is 35.9 Å². The Hall–Kier alpha value is -3.06. The first kappa shape index (κ1) is 19.7. The lowest BCUT2D eigenvalue weighted by Crippen LogP contribution is -2.04. The number of nitriles is 2. The molecule has 1 aromatic heterocycles. The molecule has 3 aromatic rings. The van der Waals surface area contributed by atoms with E-state index in [1.807, 2.05) is 48.7 Å². The summed E-state index contributed by atoms with van der Waals surface area (Å²) in [6.45, 7) is 2.03. The third-order valence-electron chi connectivity index (χ3n) is 4.17. The molecular weight excluding hydrogens is 388 g/mol. The zero-order valence-corrected chi connectivity index (χ0v) is 17.0. The van der Waals surface area contributed by atoms with Crippen molar-refractivity contribution in [3.05, 3.63) is 64.5 Å². The Bertz CT molecular complexity index is 1100. The van der Waals surface area contributed by atoms with Gasteiger partial charge in [0.2, 0.25) is 0 Å². The van der Waals surface area contributed by atoms with E-state index < -0.39 is 5.97 Å². The molecule has 0 amide bonds. The van der Waals surface area contributed by atoms with Crippen LogP contribution in [0.2, 0.25) is 0 Å².